The van der Waals surface area contributed by atoms with Crippen molar-refractivity contribution in [2.24, 2.45) is 0 Å². The Labute approximate surface area is 85.6 Å². The molecule has 0 spiro atoms. The number of ether oxygens (including phenoxy) is 2. The molecule has 0 saturated heterocycles. The van der Waals surface area contributed by atoms with Crippen LogP contribution in [0.25, 0.3) is 0 Å². The predicted octanol–water partition coefficient (Wildman–Crippen LogP) is 1.55. The number of rotatable bonds is 2. The molecule has 0 heterocycles. The molecule has 58 valence electrons. The van der Waals surface area contributed by atoms with Crippen LogP contribution in [-0.2, 0) is 0 Å². The molecule has 0 atom stereocenters. The fourth-order valence-electron chi connectivity index (χ4n) is 0.787. The summed E-state index contributed by atoms with van der Waals surface area (Å²) >= 11 is 0. The van der Waals surface area contributed by atoms with Gasteiger partial charge in [0, 0.05) is 0 Å². The first-order chi connectivity index (χ1) is 4.88. The molecule has 0 N–H and O–H groups in total. The van der Waals surface area contributed by atoms with Gasteiger partial charge in [-0.25, -0.2) is 0 Å². The minimum absolute atomic E-state index is 0. The third-order valence-corrected chi connectivity index (χ3v) is 1.29. The quantitative estimate of drug-likeness (QED) is 0.618. The first-order valence-electron chi connectivity index (χ1n) is 3.05. The molecule has 0 aromatic heterocycles. The van der Waals surface area contributed by atoms with Crippen molar-refractivity contribution in [2.75, 3.05) is 14.2 Å². The Balaban J connectivity index is -0.000000333. The monoisotopic (exact) mass is 164 g/mol. The summed E-state index contributed by atoms with van der Waals surface area (Å²) in [5.74, 6) is 1.54. The van der Waals surface area contributed by atoms with Crippen molar-refractivity contribution in [3.8, 4) is 11.5 Å². The molecule has 11 heavy (non-hydrogen) atoms. The smallest absolute Gasteiger partial charge is 1.00 e. The Bertz CT molecular complexity index is 198. The van der Waals surface area contributed by atoms with E-state index in [0.29, 0.717) is 0 Å². The SMILES string of the molecule is COc1ccccc1OC.[H-].[H-].[Mg+2]. The third-order valence-electron chi connectivity index (χ3n) is 1.29. The summed E-state index contributed by atoms with van der Waals surface area (Å²) < 4.78 is 10.0. The standard InChI is InChI=1S/C8H10O2.Mg.2H/c1-9-7-5-3-4-6-8(7)10-2;;;/h3-6H,1-2H3;;;/q;+2;2*-1. The van der Waals surface area contributed by atoms with E-state index in [2.05, 4.69) is 0 Å². The van der Waals surface area contributed by atoms with E-state index in [0.717, 1.165) is 11.5 Å². The molecule has 0 aliphatic rings. The fraction of sp³-hybridized carbons (Fsp3) is 0.250. The minimum Gasteiger partial charge on any atom is -1.00 e. The molecule has 1 aromatic rings. The van der Waals surface area contributed by atoms with Crippen LogP contribution in [0.3, 0.4) is 0 Å². The zero-order valence-corrected chi connectivity index (χ0v) is 8.25. The maximum absolute atomic E-state index is 5.01. The average Bonchev–Trinajstić information content (AvgIpc) is 2.04. The number of benzene rings is 1. The Morgan fingerprint density at radius 1 is 1.00 bits per heavy atom. The van der Waals surface area contributed by atoms with Gasteiger partial charge >= 0.3 is 23.1 Å². The van der Waals surface area contributed by atoms with Crippen molar-refractivity contribution in [2.45, 2.75) is 0 Å². The van der Waals surface area contributed by atoms with Gasteiger partial charge in [0.15, 0.2) is 11.5 Å². The van der Waals surface area contributed by atoms with Gasteiger partial charge in [-0.1, -0.05) is 12.1 Å². The molecule has 3 heteroatoms. The van der Waals surface area contributed by atoms with Crippen LogP contribution >= 0.6 is 0 Å². The van der Waals surface area contributed by atoms with Crippen molar-refractivity contribution < 1.29 is 12.3 Å². The van der Waals surface area contributed by atoms with Gasteiger partial charge in [-0.15, -0.1) is 0 Å². The van der Waals surface area contributed by atoms with Gasteiger partial charge in [-0.2, -0.15) is 0 Å². The summed E-state index contributed by atoms with van der Waals surface area (Å²) in [6, 6.07) is 7.53. The van der Waals surface area contributed by atoms with E-state index < -0.39 is 0 Å². The molecular weight excluding hydrogens is 152 g/mol. The maximum Gasteiger partial charge on any atom is 2.00 e. The number of hydrogen-bond acceptors (Lipinski definition) is 2. The molecule has 0 unspecified atom stereocenters. The second kappa shape index (κ2) is 5.26. The van der Waals surface area contributed by atoms with Crippen molar-refractivity contribution in [1.29, 1.82) is 0 Å². The van der Waals surface area contributed by atoms with E-state index >= 15 is 0 Å². The van der Waals surface area contributed by atoms with Gasteiger partial charge in [-0.3, -0.25) is 0 Å². The number of hydrogen-bond donors (Lipinski definition) is 0. The largest absolute Gasteiger partial charge is 2.00 e. The van der Waals surface area contributed by atoms with Crippen LogP contribution in [0.1, 0.15) is 2.85 Å². The molecule has 1 aromatic carbocycles. The van der Waals surface area contributed by atoms with Crippen LogP contribution in [0.5, 0.6) is 11.5 Å². The van der Waals surface area contributed by atoms with Gasteiger partial charge in [0.05, 0.1) is 14.2 Å². The van der Waals surface area contributed by atoms with E-state index in [1.54, 1.807) is 14.2 Å². The van der Waals surface area contributed by atoms with Crippen LogP contribution in [0.15, 0.2) is 24.3 Å². The van der Waals surface area contributed by atoms with Gasteiger partial charge in [0.1, 0.15) is 0 Å². The molecule has 0 aliphatic heterocycles. The van der Waals surface area contributed by atoms with Crippen LogP contribution < -0.4 is 9.47 Å². The molecule has 0 radical (unpaired) electrons. The van der Waals surface area contributed by atoms with Crippen LogP contribution in [0.4, 0.5) is 0 Å². The third kappa shape index (κ3) is 2.59. The Hall–Kier alpha value is -0.414. The molecule has 0 amide bonds. The first-order valence-corrected chi connectivity index (χ1v) is 3.05. The van der Waals surface area contributed by atoms with Gasteiger partial charge < -0.3 is 12.3 Å². The summed E-state index contributed by atoms with van der Waals surface area (Å²) in [4.78, 5) is 0. The molecule has 0 saturated carbocycles. The molecule has 0 fully saturated rings. The van der Waals surface area contributed by atoms with Crippen molar-refractivity contribution in [3.05, 3.63) is 24.3 Å². The maximum atomic E-state index is 5.01. The Morgan fingerprint density at radius 3 is 1.64 bits per heavy atom. The topological polar surface area (TPSA) is 18.5 Å². The number of para-hydroxylation sites is 2. The van der Waals surface area contributed by atoms with E-state index in [-0.39, 0.29) is 25.9 Å². The summed E-state index contributed by atoms with van der Waals surface area (Å²) in [7, 11) is 3.25. The fourth-order valence-corrected chi connectivity index (χ4v) is 0.787. The zero-order chi connectivity index (χ0) is 7.40. The van der Waals surface area contributed by atoms with Crippen LogP contribution in [0, 0.1) is 0 Å². The normalized spacial score (nSPS) is 8.18. The summed E-state index contributed by atoms with van der Waals surface area (Å²) in [5, 5.41) is 0. The van der Waals surface area contributed by atoms with Crippen LogP contribution in [-0.4, -0.2) is 37.3 Å². The van der Waals surface area contributed by atoms with Crippen molar-refractivity contribution >= 4 is 23.1 Å². The first kappa shape index (κ1) is 10.6. The van der Waals surface area contributed by atoms with Gasteiger partial charge in [0.25, 0.3) is 0 Å². The van der Waals surface area contributed by atoms with Gasteiger partial charge in [0.2, 0.25) is 0 Å². The minimum atomic E-state index is 0. The van der Waals surface area contributed by atoms with Gasteiger partial charge in [-0.05, 0) is 12.1 Å². The molecule has 2 nitrogen and oxygen atoms in total. The van der Waals surface area contributed by atoms with Crippen molar-refractivity contribution in [3.63, 3.8) is 0 Å². The molecule has 0 aliphatic carbocycles. The number of methoxy groups -OCH3 is 2. The molecule has 1 rings (SSSR count). The Morgan fingerprint density at radius 2 is 1.36 bits per heavy atom. The molecular formula is C8H12MgO2. The van der Waals surface area contributed by atoms with Crippen LogP contribution in [0.2, 0.25) is 0 Å². The second-order valence-electron chi connectivity index (χ2n) is 1.85. The summed E-state index contributed by atoms with van der Waals surface area (Å²) in [5.41, 5.74) is 0. The zero-order valence-electron chi connectivity index (χ0n) is 8.83. The second-order valence-corrected chi connectivity index (χ2v) is 1.85. The van der Waals surface area contributed by atoms with E-state index in [9.17, 15) is 0 Å². The summed E-state index contributed by atoms with van der Waals surface area (Å²) in [6.45, 7) is 0. The van der Waals surface area contributed by atoms with E-state index in [1.807, 2.05) is 24.3 Å². The predicted molar refractivity (Wildman–Crippen MR) is 47.5 cm³/mol. The average molecular weight is 164 g/mol. The van der Waals surface area contributed by atoms with E-state index in [4.69, 9.17) is 9.47 Å². The van der Waals surface area contributed by atoms with Crippen molar-refractivity contribution in [1.82, 2.24) is 0 Å². The van der Waals surface area contributed by atoms with E-state index in [1.165, 1.54) is 0 Å². The Kier molecular flexibility index (Phi) is 5.07. The molecule has 0 bridgehead atoms. The summed E-state index contributed by atoms with van der Waals surface area (Å²) in [6.07, 6.45) is 0.